The molecule has 1 fully saturated rings. The molecular formula is C21H24ClN3O3. The van der Waals surface area contributed by atoms with Crippen LogP contribution in [-0.2, 0) is 17.9 Å². The number of rotatable bonds is 6. The molecular weight excluding hydrogens is 378 g/mol. The fourth-order valence-corrected chi connectivity index (χ4v) is 3.59. The number of nitrogens with zero attached hydrogens (tertiary/aromatic N) is 2. The minimum atomic E-state index is 0.0548. The quantitative estimate of drug-likeness (QED) is 0.806. The van der Waals surface area contributed by atoms with Crippen LogP contribution in [0.25, 0.3) is 0 Å². The van der Waals surface area contributed by atoms with E-state index in [0.29, 0.717) is 24.9 Å². The van der Waals surface area contributed by atoms with E-state index in [0.717, 1.165) is 49.8 Å². The van der Waals surface area contributed by atoms with Crippen molar-refractivity contribution in [2.24, 2.45) is 0 Å². The molecule has 2 aromatic rings. The number of fused-ring (bicyclic) bond motifs is 1. The topological polar surface area (TPSA) is 54.0 Å². The van der Waals surface area contributed by atoms with Gasteiger partial charge >= 0.3 is 0 Å². The van der Waals surface area contributed by atoms with Gasteiger partial charge in [0.05, 0.1) is 6.54 Å². The predicted molar refractivity (Wildman–Crippen MR) is 108 cm³/mol. The van der Waals surface area contributed by atoms with Gasteiger partial charge in [0.1, 0.15) is 0 Å². The van der Waals surface area contributed by atoms with Crippen molar-refractivity contribution in [3.05, 3.63) is 58.6 Å². The monoisotopic (exact) mass is 401 g/mol. The summed E-state index contributed by atoms with van der Waals surface area (Å²) in [5.41, 5.74) is 2.27. The van der Waals surface area contributed by atoms with Crippen molar-refractivity contribution in [3.8, 4) is 11.5 Å². The van der Waals surface area contributed by atoms with Crippen LogP contribution in [0.5, 0.6) is 11.5 Å². The zero-order valence-corrected chi connectivity index (χ0v) is 16.5. The lowest BCUT2D eigenvalue weighted by Gasteiger charge is -2.34. The van der Waals surface area contributed by atoms with Gasteiger partial charge in [-0.1, -0.05) is 29.8 Å². The van der Waals surface area contributed by atoms with Crippen LogP contribution in [0.15, 0.2) is 42.5 Å². The predicted octanol–water partition coefficient (Wildman–Crippen LogP) is 2.50. The maximum atomic E-state index is 12.2. The first-order valence-electron chi connectivity index (χ1n) is 9.50. The molecule has 0 spiro atoms. The van der Waals surface area contributed by atoms with Gasteiger partial charge in [-0.3, -0.25) is 14.6 Å². The van der Waals surface area contributed by atoms with Crippen molar-refractivity contribution in [1.29, 1.82) is 0 Å². The van der Waals surface area contributed by atoms with Gasteiger partial charge in [-0.25, -0.2) is 0 Å². The van der Waals surface area contributed by atoms with Crippen LogP contribution in [-0.4, -0.2) is 55.2 Å². The Morgan fingerprint density at radius 3 is 2.39 bits per heavy atom. The number of carbonyl (C=O) groups is 1. The van der Waals surface area contributed by atoms with Gasteiger partial charge in [0, 0.05) is 44.3 Å². The van der Waals surface area contributed by atoms with Crippen LogP contribution in [0.3, 0.4) is 0 Å². The summed E-state index contributed by atoms with van der Waals surface area (Å²) in [7, 11) is 0. The van der Waals surface area contributed by atoms with E-state index in [1.54, 1.807) is 0 Å². The molecule has 2 aliphatic rings. The van der Waals surface area contributed by atoms with E-state index in [1.165, 1.54) is 5.56 Å². The maximum absolute atomic E-state index is 12.2. The van der Waals surface area contributed by atoms with Gasteiger partial charge in [-0.15, -0.1) is 0 Å². The lowest BCUT2D eigenvalue weighted by atomic mass is 10.1. The second-order valence-electron chi connectivity index (χ2n) is 7.14. The smallest absolute Gasteiger partial charge is 0.234 e. The van der Waals surface area contributed by atoms with Crippen LogP contribution in [0.4, 0.5) is 0 Å². The summed E-state index contributed by atoms with van der Waals surface area (Å²) >= 11 is 5.88. The van der Waals surface area contributed by atoms with Gasteiger partial charge in [-0.05, 0) is 35.4 Å². The highest BCUT2D eigenvalue weighted by Crippen LogP contribution is 2.32. The Hall–Kier alpha value is -2.28. The van der Waals surface area contributed by atoms with Gasteiger partial charge in [0.25, 0.3) is 0 Å². The van der Waals surface area contributed by atoms with Gasteiger partial charge in [-0.2, -0.15) is 0 Å². The molecule has 0 atom stereocenters. The zero-order chi connectivity index (χ0) is 19.3. The highest BCUT2D eigenvalue weighted by Gasteiger charge is 2.20. The van der Waals surface area contributed by atoms with Crippen LogP contribution in [0, 0.1) is 0 Å². The number of ether oxygens (including phenoxy) is 2. The Kier molecular flexibility index (Phi) is 6.00. The third-order valence-corrected chi connectivity index (χ3v) is 5.33. The summed E-state index contributed by atoms with van der Waals surface area (Å²) in [6.45, 7) is 5.81. The number of nitrogens with one attached hydrogen (secondary N) is 1. The molecule has 2 heterocycles. The third kappa shape index (κ3) is 4.95. The van der Waals surface area contributed by atoms with E-state index in [2.05, 4.69) is 27.2 Å². The number of hydrogen-bond acceptors (Lipinski definition) is 5. The molecule has 1 N–H and O–H groups in total. The first-order valence-corrected chi connectivity index (χ1v) is 9.88. The fourth-order valence-electron chi connectivity index (χ4n) is 3.46. The van der Waals surface area contributed by atoms with Gasteiger partial charge in [0.15, 0.2) is 11.5 Å². The van der Waals surface area contributed by atoms with Crippen LogP contribution >= 0.6 is 11.6 Å². The first kappa shape index (κ1) is 19.1. The molecule has 4 rings (SSSR count). The van der Waals surface area contributed by atoms with E-state index in [1.807, 2.05) is 30.3 Å². The summed E-state index contributed by atoms with van der Waals surface area (Å²) in [6, 6.07) is 13.6. The third-order valence-electron chi connectivity index (χ3n) is 5.08. The fraction of sp³-hybridized carbons (Fsp3) is 0.381. The molecule has 2 aliphatic heterocycles. The average molecular weight is 402 g/mol. The summed E-state index contributed by atoms with van der Waals surface area (Å²) in [5.74, 6) is 1.70. The molecule has 1 amide bonds. The minimum absolute atomic E-state index is 0.0548. The molecule has 7 heteroatoms. The Morgan fingerprint density at radius 1 is 0.929 bits per heavy atom. The second kappa shape index (κ2) is 8.82. The normalized spacial score (nSPS) is 16.9. The molecule has 0 bridgehead atoms. The molecule has 0 aliphatic carbocycles. The van der Waals surface area contributed by atoms with Crippen molar-refractivity contribution in [3.63, 3.8) is 0 Å². The molecule has 6 nitrogen and oxygen atoms in total. The first-order chi connectivity index (χ1) is 13.7. The summed E-state index contributed by atoms with van der Waals surface area (Å²) in [6.07, 6.45) is 0. The molecule has 0 radical (unpaired) electrons. The number of piperazine rings is 1. The largest absolute Gasteiger partial charge is 0.454 e. The van der Waals surface area contributed by atoms with Crippen molar-refractivity contribution in [2.75, 3.05) is 39.5 Å². The van der Waals surface area contributed by atoms with Crippen molar-refractivity contribution < 1.29 is 14.3 Å². The van der Waals surface area contributed by atoms with Gasteiger partial charge < -0.3 is 14.8 Å². The van der Waals surface area contributed by atoms with Crippen LogP contribution in [0.2, 0.25) is 5.02 Å². The Morgan fingerprint density at radius 2 is 1.61 bits per heavy atom. The summed E-state index contributed by atoms with van der Waals surface area (Å²) in [4.78, 5) is 16.8. The lowest BCUT2D eigenvalue weighted by molar-refractivity contribution is -0.122. The SMILES string of the molecule is O=C(CN1CCN(Cc2ccc3c(c2)OCO3)CC1)NCc1ccc(Cl)cc1. The highest BCUT2D eigenvalue weighted by atomic mass is 35.5. The Bertz CT molecular complexity index is 820. The molecule has 28 heavy (non-hydrogen) atoms. The highest BCUT2D eigenvalue weighted by molar-refractivity contribution is 6.30. The second-order valence-corrected chi connectivity index (χ2v) is 7.58. The number of halogens is 1. The van der Waals surface area contributed by atoms with Crippen LogP contribution < -0.4 is 14.8 Å². The molecule has 0 aromatic heterocycles. The Balaban J connectivity index is 1.18. The molecule has 0 unspecified atom stereocenters. The molecule has 0 saturated carbocycles. The van der Waals surface area contributed by atoms with Crippen molar-refractivity contribution >= 4 is 17.5 Å². The van der Waals surface area contributed by atoms with Crippen molar-refractivity contribution in [1.82, 2.24) is 15.1 Å². The maximum Gasteiger partial charge on any atom is 0.234 e. The summed E-state index contributed by atoms with van der Waals surface area (Å²) in [5, 5.41) is 3.68. The molecule has 1 saturated heterocycles. The number of hydrogen-bond donors (Lipinski definition) is 1. The van der Waals surface area contributed by atoms with E-state index >= 15 is 0 Å². The number of amides is 1. The minimum Gasteiger partial charge on any atom is -0.454 e. The number of carbonyl (C=O) groups excluding carboxylic acids is 1. The number of benzene rings is 2. The van der Waals surface area contributed by atoms with E-state index in [9.17, 15) is 4.79 Å². The van der Waals surface area contributed by atoms with Crippen molar-refractivity contribution in [2.45, 2.75) is 13.1 Å². The van der Waals surface area contributed by atoms with Gasteiger partial charge in [0.2, 0.25) is 12.7 Å². The Labute approximate surface area is 170 Å². The molecule has 148 valence electrons. The average Bonchev–Trinajstić information content (AvgIpc) is 3.17. The van der Waals surface area contributed by atoms with E-state index in [4.69, 9.17) is 21.1 Å². The molecule has 2 aromatic carbocycles. The zero-order valence-electron chi connectivity index (χ0n) is 15.7. The lowest BCUT2D eigenvalue weighted by Crippen LogP contribution is -2.49. The van der Waals surface area contributed by atoms with Crippen LogP contribution in [0.1, 0.15) is 11.1 Å². The summed E-state index contributed by atoms with van der Waals surface area (Å²) < 4.78 is 10.8. The standard InChI is InChI=1S/C21H24ClN3O3/c22-18-4-1-16(2-5-18)12-23-21(26)14-25-9-7-24(8-10-25)13-17-3-6-19-20(11-17)28-15-27-19/h1-6,11H,7-10,12-15H2,(H,23,26). The van der Waals surface area contributed by atoms with E-state index in [-0.39, 0.29) is 5.91 Å². The van der Waals surface area contributed by atoms with E-state index < -0.39 is 0 Å².